The number of aromatic nitrogens is 1. The maximum Gasteiger partial charge on any atom is 0.345 e. The second-order valence-corrected chi connectivity index (χ2v) is 6.06. The summed E-state index contributed by atoms with van der Waals surface area (Å²) < 4.78 is 11.4. The van der Waals surface area contributed by atoms with Crippen molar-refractivity contribution in [3.8, 4) is 0 Å². The van der Waals surface area contributed by atoms with E-state index in [4.69, 9.17) is 9.15 Å². The number of fused-ring (bicyclic) bond motifs is 3. The molecule has 0 aromatic carbocycles. The minimum absolute atomic E-state index is 0.0231. The molecule has 0 spiro atoms. The molecule has 3 heterocycles. The minimum atomic E-state index is -0.309. The summed E-state index contributed by atoms with van der Waals surface area (Å²) in [6.45, 7) is 6.83. The van der Waals surface area contributed by atoms with Gasteiger partial charge in [0.1, 0.15) is 5.76 Å². The molecule has 0 amide bonds. The first-order valence-corrected chi connectivity index (χ1v) is 6.48. The lowest BCUT2D eigenvalue weighted by Crippen LogP contribution is -2.35. The van der Waals surface area contributed by atoms with Crippen molar-refractivity contribution in [3.05, 3.63) is 40.1 Å². The second kappa shape index (κ2) is 4.17. The smallest absolute Gasteiger partial charge is 0.345 e. The Morgan fingerprint density at radius 1 is 1.37 bits per heavy atom. The van der Waals surface area contributed by atoms with Crippen LogP contribution in [-0.2, 0) is 17.8 Å². The second-order valence-electron chi connectivity index (χ2n) is 6.06. The van der Waals surface area contributed by atoms with Gasteiger partial charge in [-0.05, 0) is 17.5 Å². The Balaban J connectivity index is 2.15. The molecule has 4 heteroatoms. The molecule has 0 saturated carbocycles. The Morgan fingerprint density at radius 2 is 2.16 bits per heavy atom. The van der Waals surface area contributed by atoms with Crippen LogP contribution in [0.2, 0.25) is 0 Å². The topological polar surface area (TPSA) is 52.3 Å². The molecule has 4 nitrogen and oxygen atoms in total. The lowest BCUT2D eigenvalue weighted by Gasteiger charge is -2.34. The molecule has 100 valence electrons. The van der Waals surface area contributed by atoms with Crippen LogP contribution in [0.1, 0.15) is 32.1 Å². The van der Waals surface area contributed by atoms with Gasteiger partial charge in [-0.1, -0.05) is 20.8 Å². The van der Waals surface area contributed by atoms with Gasteiger partial charge in [-0.2, -0.15) is 0 Å². The largest absolute Gasteiger partial charge is 0.427 e. The van der Waals surface area contributed by atoms with Crippen molar-refractivity contribution < 1.29 is 9.15 Å². The molecule has 0 bridgehead atoms. The lowest BCUT2D eigenvalue weighted by molar-refractivity contribution is -0.0427. The molecular weight excluding hydrogens is 242 g/mol. The van der Waals surface area contributed by atoms with Gasteiger partial charge in [0, 0.05) is 18.2 Å². The summed E-state index contributed by atoms with van der Waals surface area (Å²) in [5, 5.41) is 0.527. The van der Waals surface area contributed by atoms with Gasteiger partial charge in [-0.3, -0.25) is 4.98 Å². The summed E-state index contributed by atoms with van der Waals surface area (Å²) >= 11 is 0. The standard InChI is InChI=1S/C15H17NO3/c1-15(2,3)12-7-11-10(8-18-12)13-9(14(17)19-11)5-4-6-16-13/h4-6,12H,7-8H2,1-3H3. The summed E-state index contributed by atoms with van der Waals surface area (Å²) in [7, 11) is 0. The highest BCUT2D eigenvalue weighted by atomic mass is 16.5. The molecule has 2 aromatic rings. The number of hydrogen-bond acceptors (Lipinski definition) is 4. The van der Waals surface area contributed by atoms with Gasteiger partial charge in [0.25, 0.3) is 0 Å². The predicted octanol–water partition coefficient (Wildman–Crippen LogP) is 2.68. The first-order chi connectivity index (χ1) is 8.97. The fourth-order valence-electron chi connectivity index (χ4n) is 2.45. The SMILES string of the molecule is CC(C)(C)C1Cc2oc(=O)c3cccnc3c2CO1. The van der Waals surface area contributed by atoms with E-state index in [1.165, 1.54) is 0 Å². The third kappa shape index (κ3) is 2.06. The van der Waals surface area contributed by atoms with Crippen molar-refractivity contribution in [2.75, 3.05) is 0 Å². The Bertz CT molecular complexity index is 682. The molecule has 0 fully saturated rings. The lowest BCUT2D eigenvalue weighted by atomic mass is 9.84. The van der Waals surface area contributed by atoms with Crippen LogP contribution in [0.5, 0.6) is 0 Å². The molecule has 2 aromatic heterocycles. The monoisotopic (exact) mass is 259 g/mol. The molecule has 1 aliphatic heterocycles. The maximum atomic E-state index is 12.0. The average molecular weight is 259 g/mol. The Kier molecular flexibility index (Phi) is 2.71. The van der Waals surface area contributed by atoms with E-state index in [0.717, 1.165) is 11.3 Å². The fourth-order valence-corrected chi connectivity index (χ4v) is 2.45. The summed E-state index contributed by atoms with van der Waals surface area (Å²) in [6.07, 6.45) is 2.38. The summed E-state index contributed by atoms with van der Waals surface area (Å²) in [6, 6.07) is 3.48. The average Bonchev–Trinajstić information content (AvgIpc) is 2.37. The quantitative estimate of drug-likeness (QED) is 0.730. The minimum Gasteiger partial charge on any atom is -0.427 e. The zero-order valence-electron chi connectivity index (χ0n) is 11.4. The third-order valence-electron chi connectivity index (χ3n) is 3.63. The van der Waals surface area contributed by atoms with Crippen molar-refractivity contribution in [3.63, 3.8) is 0 Å². The van der Waals surface area contributed by atoms with Crippen LogP contribution in [0.15, 0.2) is 27.5 Å². The molecule has 1 aliphatic rings. The Labute approximate surface area is 111 Å². The molecule has 0 radical (unpaired) electrons. The normalized spacial score (nSPS) is 19.4. The van der Waals surface area contributed by atoms with Gasteiger partial charge in [0.15, 0.2) is 0 Å². The highest BCUT2D eigenvalue weighted by molar-refractivity contribution is 5.80. The van der Waals surface area contributed by atoms with Crippen LogP contribution in [-0.4, -0.2) is 11.1 Å². The zero-order valence-corrected chi connectivity index (χ0v) is 11.4. The van der Waals surface area contributed by atoms with Crippen LogP contribution in [0, 0.1) is 5.41 Å². The van der Waals surface area contributed by atoms with E-state index in [2.05, 4.69) is 25.8 Å². The van der Waals surface area contributed by atoms with Crippen LogP contribution in [0.3, 0.4) is 0 Å². The predicted molar refractivity (Wildman–Crippen MR) is 72.0 cm³/mol. The van der Waals surface area contributed by atoms with Crippen LogP contribution in [0.25, 0.3) is 10.9 Å². The number of hydrogen-bond donors (Lipinski definition) is 0. The van der Waals surface area contributed by atoms with Gasteiger partial charge in [0.05, 0.1) is 23.6 Å². The molecule has 1 unspecified atom stereocenters. The van der Waals surface area contributed by atoms with Crippen LogP contribution < -0.4 is 5.63 Å². The summed E-state index contributed by atoms with van der Waals surface area (Å²) in [5.41, 5.74) is 1.34. The van der Waals surface area contributed by atoms with Gasteiger partial charge >= 0.3 is 5.63 Å². The fraction of sp³-hybridized carbons (Fsp3) is 0.467. The van der Waals surface area contributed by atoms with Gasteiger partial charge < -0.3 is 9.15 Å². The summed E-state index contributed by atoms with van der Waals surface area (Å²) in [5.74, 6) is 0.724. The number of nitrogens with zero attached hydrogens (tertiary/aromatic N) is 1. The van der Waals surface area contributed by atoms with Crippen LogP contribution >= 0.6 is 0 Å². The first-order valence-electron chi connectivity index (χ1n) is 6.48. The first kappa shape index (κ1) is 12.4. The molecule has 0 N–H and O–H groups in total. The van der Waals surface area contributed by atoms with Gasteiger partial charge in [0.2, 0.25) is 0 Å². The molecule has 1 atom stereocenters. The van der Waals surface area contributed by atoms with E-state index in [-0.39, 0.29) is 17.1 Å². The number of rotatable bonds is 0. The van der Waals surface area contributed by atoms with E-state index in [0.29, 0.717) is 23.9 Å². The number of ether oxygens (including phenoxy) is 1. The molecule has 0 aliphatic carbocycles. The van der Waals surface area contributed by atoms with E-state index in [1.54, 1.807) is 18.3 Å². The van der Waals surface area contributed by atoms with Crippen molar-refractivity contribution in [1.29, 1.82) is 0 Å². The molecule has 3 rings (SSSR count). The van der Waals surface area contributed by atoms with E-state index in [9.17, 15) is 4.79 Å². The molecular formula is C15H17NO3. The Hall–Kier alpha value is -1.68. The van der Waals surface area contributed by atoms with Crippen molar-refractivity contribution in [1.82, 2.24) is 4.98 Å². The zero-order chi connectivity index (χ0) is 13.6. The highest BCUT2D eigenvalue weighted by Gasteiger charge is 2.32. The van der Waals surface area contributed by atoms with Gasteiger partial charge in [-0.25, -0.2) is 4.79 Å². The van der Waals surface area contributed by atoms with Gasteiger partial charge in [-0.15, -0.1) is 0 Å². The van der Waals surface area contributed by atoms with E-state index >= 15 is 0 Å². The molecule has 0 saturated heterocycles. The van der Waals surface area contributed by atoms with E-state index in [1.807, 2.05) is 0 Å². The van der Waals surface area contributed by atoms with Crippen molar-refractivity contribution >= 4 is 10.9 Å². The number of pyridine rings is 1. The third-order valence-corrected chi connectivity index (χ3v) is 3.63. The summed E-state index contributed by atoms with van der Waals surface area (Å²) in [4.78, 5) is 16.3. The highest BCUT2D eigenvalue weighted by Crippen LogP contribution is 2.32. The Morgan fingerprint density at radius 3 is 2.89 bits per heavy atom. The molecule has 19 heavy (non-hydrogen) atoms. The van der Waals surface area contributed by atoms with E-state index < -0.39 is 0 Å². The van der Waals surface area contributed by atoms with Crippen LogP contribution in [0.4, 0.5) is 0 Å². The maximum absolute atomic E-state index is 12.0. The van der Waals surface area contributed by atoms with Crippen molar-refractivity contribution in [2.24, 2.45) is 5.41 Å². The van der Waals surface area contributed by atoms with Crippen molar-refractivity contribution in [2.45, 2.75) is 39.9 Å².